The number of hydrogen-bond acceptors (Lipinski definition) is 3. The van der Waals surface area contributed by atoms with Gasteiger partial charge in [0, 0.05) is 26.2 Å². The SMILES string of the molecule is CCN(CCC(=O)O)C(=O)N1CCC(C(C)O)CC1. The van der Waals surface area contributed by atoms with E-state index in [0.717, 1.165) is 12.8 Å². The van der Waals surface area contributed by atoms with Crippen LogP contribution in [0.1, 0.15) is 33.1 Å². The highest BCUT2D eigenvalue weighted by atomic mass is 16.4. The number of carboxylic acids is 1. The summed E-state index contributed by atoms with van der Waals surface area (Å²) in [4.78, 5) is 26.1. The molecular formula is C13H24N2O4. The molecule has 0 aromatic heterocycles. The minimum absolute atomic E-state index is 0.0241. The first-order valence-electron chi connectivity index (χ1n) is 6.89. The Morgan fingerprint density at radius 3 is 2.37 bits per heavy atom. The Bertz CT molecular complexity index is 312. The number of carbonyl (C=O) groups excluding carboxylic acids is 1. The lowest BCUT2D eigenvalue weighted by atomic mass is 9.92. The summed E-state index contributed by atoms with van der Waals surface area (Å²) in [6.45, 7) is 5.68. The molecule has 1 heterocycles. The number of piperidine rings is 1. The summed E-state index contributed by atoms with van der Waals surface area (Å²) < 4.78 is 0. The summed E-state index contributed by atoms with van der Waals surface area (Å²) in [6, 6.07) is -0.0900. The van der Waals surface area contributed by atoms with Crippen molar-refractivity contribution in [3.63, 3.8) is 0 Å². The van der Waals surface area contributed by atoms with Crippen molar-refractivity contribution < 1.29 is 19.8 Å². The zero-order valence-electron chi connectivity index (χ0n) is 11.7. The standard InChI is InChI=1S/C13H24N2O4/c1-3-14(9-6-12(17)18)13(19)15-7-4-11(5-8-15)10(2)16/h10-11,16H,3-9H2,1-2H3,(H,17,18). The van der Waals surface area contributed by atoms with Crippen molar-refractivity contribution in [2.75, 3.05) is 26.2 Å². The number of carboxylic acid groups (broad SMARTS) is 1. The number of rotatable bonds is 5. The van der Waals surface area contributed by atoms with Gasteiger partial charge in [0.05, 0.1) is 12.5 Å². The predicted octanol–water partition coefficient (Wildman–Crippen LogP) is 0.996. The van der Waals surface area contributed by atoms with Crippen molar-refractivity contribution in [2.24, 2.45) is 5.92 Å². The van der Waals surface area contributed by atoms with E-state index in [2.05, 4.69) is 0 Å². The number of likely N-dealkylation sites (tertiary alicyclic amines) is 1. The molecule has 1 aliphatic heterocycles. The highest BCUT2D eigenvalue weighted by Gasteiger charge is 2.27. The average molecular weight is 272 g/mol. The van der Waals surface area contributed by atoms with Gasteiger partial charge in [-0.1, -0.05) is 0 Å². The Hall–Kier alpha value is -1.30. The molecule has 1 fully saturated rings. The summed E-state index contributed by atoms with van der Waals surface area (Å²) in [5, 5.41) is 18.2. The molecule has 0 saturated carbocycles. The fourth-order valence-electron chi connectivity index (χ4n) is 2.39. The maximum atomic E-state index is 12.2. The number of amides is 2. The third-order valence-electron chi connectivity index (χ3n) is 3.74. The quantitative estimate of drug-likeness (QED) is 0.782. The Balaban J connectivity index is 2.46. The number of aliphatic hydroxyl groups excluding tert-OH is 1. The first kappa shape index (κ1) is 15.8. The van der Waals surface area contributed by atoms with E-state index in [-0.39, 0.29) is 31.0 Å². The van der Waals surface area contributed by atoms with Crippen LogP contribution in [0.2, 0.25) is 0 Å². The van der Waals surface area contributed by atoms with Gasteiger partial charge in [0.15, 0.2) is 0 Å². The molecule has 6 nitrogen and oxygen atoms in total. The van der Waals surface area contributed by atoms with Gasteiger partial charge < -0.3 is 20.0 Å². The molecule has 19 heavy (non-hydrogen) atoms. The lowest BCUT2D eigenvalue weighted by molar-refractivity contribution is -0.137. The van der Waals surface area contributed by atoms with E-state index in [1.807, 2.05) is 6.92 Å². The molecule has 2 N–H and O–H groups in total. The van der Waals surface area contributed by atoms with E-state index >= 15 is 0 Å². The molecule has 1 saturated heterocycles. The van der Waals surface area contributed by atoms with Crippen LogP contribution in [0.3, 0.4) is 0 Å². The largest absolute Gasteiger partial charge is 0.481 e. The Kier molecular flexibility index (Phi) is 6.08. The van der Waals surface area contributed by atoms with Gasteiger partial charge in [-0.15, -0.1) is 0 Å². The fraction of sp³-hybridized carbons (Fsp3) is 0.846. The van der Waals surface area contributed by atoms with Crippen LogP contribution in [0.15, 0.2) is 0 Å². The summed E-state index contributed by atoms with van der Waals surface area (Å²) in [6.07, 6.45) is 1.26. The van der Waals surface area contributed by atoms with Crippen LogP contribution in [0.25, 0.3) is 0 Å². The normalized spacial score (nSPS) is 18.2. The van der Waals surface area contributed by atoms with Crippen LogP contribution in [0, 0.1) is 5.92 Å². The van der Waals surface area contributed by atoms with Gasteiger partial charge >= 0.3 is 12.0 Å². The van der Waals surface area contributed by atoms with Gasteiger partial charge in [0.2, 0.25) is 0 Å². The molecule has 0 spiro atoms. The molecule has 1 rings (SSSR count). The molecule has 0 bridgehead atoms. The molecule has 1 aliphatic rings. The van der Waals surface area contributed by atoms with E-state index in [0.29, 0.717) is 19.6 Å². The van der Waals surface area contributed by atoms with Crippen LogP contribution in [-0.4, -0.2) is 64.3 Å². The topological polar surface area (TPSA) is 81.1 Å². The highest BCUT2D eigenvalue weighted by molar-refractivity contribution is 5.75. The molecule has 2 amide bonds. The fourth-order valence-corrected chi connectivity index (χ4v) is 2.39. The van der Waals surface area contributed by atoms with Crippen molar-refractivity contribution in [2.45, 2.75) is 39.2 Å². The van der Waals surface area contributed by atoms with Crippen molar-refractivity contribution >= 4 is 12.0 Å². The van der Waals surface area contributed by atoms with E-state index in [1.54, 1.807) is 16.7 Å². The van der Waals surface area contributed by atoms with Gasteiger partial charge in [-0.2, -0.15) is 0 Å². The van der Waals surface area contributed by atoms with E-state index in [1.165, 1.54) is 0 Å². The Morgan fingerprint density at radius 2 is 1.95 bits per heavy atom. The molecule has 6 heteroatoms. The molecule has 0 aromatic carbocycles. The first-order valence-corrected chi connectivity index (χ1v) is 6.89. The maximum absolute atomic E-state index is 12.2. The minimum atomic E-state index is -0.890. The molecule has 0 radical (unpaired) electrons. The first-order chi connectivity index (χ1) is 8.95. The summed E-state index contributed by atoms with van der Waals surface area (Å²) in [5.41, 5.74) is 0. The molecule has 1 unspecified atom stereocenters. The lowest BCUT2D eigenvalue weighted by Gasteiger charge is -2.36. The maximum Gasteiger partial charge on any atom is 0.320 e. The molecule has 0 aliphatic carbocycles. The Labute approximate surface area is 114 Å². The van der Waals surface area contributed by atoms with Crippen LogP contribution in [0.4, 0.5) is 4.79 Å². The van der Waals surface area contributed by atoms with Gasteiger partial charge in [-0.25, -0.2) is 4.79 Å². The number of nitrogens with zero attached hydrogens (tertiary/aromatic N) is 2. The van der Waals surface area contributed by atoms with Crippen molar-refractivity contribution in [3.8, 4) is 0 Å². The van der Waals surface area contributed by atoms with E-state index in [4.69, 9.17) is 5.11 Å². The van der Waals surface area contributed by atoms with Crippen LogP contribution in [-0.2, 0) is 4.79 Å². The van der Waals surface area contributed by atoms with Crippen LogP contribution >= 0.6 is 0 Å². The summed E-state index contributed by atoms with van der Waals surface area (Å²) in [7, 11) is 0. The monoisotopic (exact) mass is 272 g/mol. The van der Waals surface area contributed by atoms with Crippen molar-refractivity contribution in [3.05, 3.63) is 0 Å². The second kappa shape index (κ2) is 7.33. The zero-order valence-corrected chi connectivity index (χ0v) is 11.7. The van der Waals surface area contributed by atoms with Gasteiger partial charge in [-0.05, 0) is 32.6 Å². The van der Waals surface area contributed by atoms with E-state index < -0.39 is 5.97 Å². The zero-order chi connectivity index (χ0) is 14.4. The number of aliphatic carboxylic acids is 1. The smallest absolute Gasteiger partial charge is 0.320 e. The third-order valence-corrected chi connectivity index (χ3v) is 3.74. The van der Waals surface area contributed by atoms with Crippen molar-refractivity contribution in [1.29, 1.82) is 0 Å². The second-order valence-electron chi connectivity index (χ2n) is 5.07. The highest BCUT2D eigenvalue weighted by Crippen LogP contribution is 2.21. The van der Waals surface area contributed by atoms with Crippen LogP contribution in [0.5, 0.6) is 0 Å². The van der Waals surface area contributed by atoms with Crippen LogP contribution < -0.4 is 0 Å². The average Bonchev–Trinajstić information content (AvgIpc) is 2.39. The summed E-state index contributed by atoms with van der Waals surface area (Å²) in [5.74, 6) is -0.628. The van der Waals surface area contributed by atoms with Crippen molar-refractivity contribution in [1.82, 2.24) is 9.80 Å². The lowest BCUT2D eigenvalue weighted by Crippen LogP contribution is -2.48. The van der Waals surface area contributed by atoms with Gasteiger partial charge in [0.1, 0.15) is 0 Å². The second-order valence-corrected chi connectivity index (χ2v) is 5.07. The molecule has 110 valence electrons. The van der Waals surface area contributed by atoms with Gasteiger partial charge in [-0.3, -0.25) is 4.79 Å². The van der Waals surface area contributed by atoms with E-state index in [9.17, 15) is 14.7 Å². The van der Waals surface area contributed by atoms with Gasteiger partial charge in [0.25, 0.3) is 0 Å². The number of hydrogen-bond donors (Lipinski definition) is 2. The minimum Gasteiger partial charge on any atom is -0.481 e. The summed E-state index contributed by atoms with van der Waals surface area (Å²) >= 11 is 0. The third kappa shape index (κ3) is 4.70. The number of urea groups is 1. The number of aliphatic hydroxyl groups is 1. The Morgan fingerprint density at radius 1 is 1.37 bits per heavy atom. The number of carbonyl (C=O) groups is 2. The molecule has 1 atom stereocenters. The molecule has 0 aromatic rings. The predicted molar refractivity (Wildman–Crippen MR) is 70.9 cm³/mol. The molecular weight excluding hydrogens is 248 g/mol.